The van der Waals surface area contributed by atoms with Crippen LogP contribution in [0.15, 0.2) is 18.3 Å². The summed E-state index contributed by atoms with van der Waals surface area (Å²) in [6.07, 6.45) is 2.23. The molecular weight excluding hydrogens is 180 g/mol. The predicted molar refractivity (Wildman–Crippen MR) is 53.0 cm³/mol. The van der Waals surface area contributed by atoms with Gasteiger partial charge in [0.25, 0.3) is 0 Å². The Morgan fingerprint density at radius 1 is 1.57 bits per heavy atom. The minimum atomic E-state index is -0.261. The molecule has 14 heavy (non-hydrogen) atoms. The molecule has 2 N–H and O–H groups in total. The van der Waals surface area contributed by atoms with E-state index in [1.54, 1.807) is 6.20 Å². The summed E-state index contributed by atoms with van der Waals surface area (Å²) in [6, 6.07) is 3.66. The molecule has 1 fully saturated rings. The first-order valence-electron chi connectivity index (χ1n) is 4.79. The summed E-state index contributed by atoms with van der Waals surface area (Å²) in [4.78, 5) is 6.23. The fourth-order valence-corrected chi connectivity index (χ4v) is 1.77. The normalized spacial score (nSPS) is 21.6. The Labute approximate surface area is 82.8 Å². The van der Waals surface area contributed by atoms with Gasteiger partial charge in [0, 0.05) is 24.8 Å². The van der Waals surface area contributed by atoms with Crippen LogP contribution in [0.1, 0.15) is 12.0 Å². The standard InChI is InChI=1S/C10H14N2O2/c13-7-8-2-1-4-11-10(8)12-5-3-9(14)6-12/h1-2,4,9,13-14H,3,5-7H2. The van der Waals surface area contributed by atoms with Gasteiger partial charge in [0.1, 0.15) is 5.82 Å². The van der Waals surface area contributed by atoms with Gasteiger partial charge < -0.3 is 15.1 Å². The van der Waals surface area contributed by atoms with Crippen LogP contribution in [0.25, 0.3) is 0 Å². The first kappa shape index (κ1) is 9.43. The topological polar surface area (TPSA) is 56.6 Å². The maximum atomic E-state index is 9.39. The average Bonchev–Trinajstić information content (AvgIpc) is 2.65. The lowest BCUT2D eigenvalue weighted by Crippen LogP contribution is -2.23. The van der Waals surface area contributed by atoms with Gasteiger partial charge in [-0.05, 0) is 12.5 Å². The highest BCUT2D eigenvalue weighted by Gasteiger charge is 2.22. The molecule has 0 aliphatic carbocycles. The Kier molecular flexibility index (Phi) is 2.65. The molecule has 1 atom stereocenters. The summed E-state index contributed by atoms with van der Waals surface area (Å²) in [5.74, 6) is 0.798. The van der Waals surface area contributed by atoms with Crippen molar-refractivity contribution in [3.63, 3.8) is 0 Å². The van der Waals surface area contributed by atoms with Gasteiger partial charge in [-0.1, -0.05) is 6.07 Å². The molecule has 0 radical (unpaired) electrons. The van der Waals surface area contributed by atoms with Gasteiger partial charge in [0.15, 0.2) is 0 Å². The molecule has 0 saturated carbocycles. The number of hydrogen-bond donors (Lipinski definition) is 2. The second-order valence-corrected chi connectivity index (χ2v) is 3.53. The highest BCUT2D eigenvalue weighted by molar-refractivity contribution is 5.47. The summed E-state index contributed by atoms with van der Waals surface area (Å²) in [7, 11) is 0. The largest absolute Gasteiger partial charge is 0.392 e. The van der Waals surface area contributed by atoms with E-state index in [0.717, 1.165) is 24.3 Å². The van der Waals surface area contributed by atoms with E-state index >= 15 is 0 Å². The molecule has 0 spiro atoms. The van der Waals surface area contributed by atoms with Crippen molar-refractivity contribution in [3.05, 3.63) is 23.9 Å². The summed E-state index contributed by atoms with van der Waals surface area (Å²) in [6.45, 7) is 1.42. The van der Waals surface area contributed by atoms with E-state index < -0.39 is 0 Å². The third-order valence-corrected chi connectivity index (χ3v) is 2.50. The number of anilines is 1. The lowest BCUT2D eigenvalue weighted by molar-refractivity contribution is 0.198. The molecule has 76 valence electrons. The van der Waals surface area contributed by atoms with Gasteiger partial charge >= 0.3 is 0 Å². The molecule has 4 heteroatoms. The van der Waals surface area contributed by atoms with Crippen molar-refractivity contribution in [2.24, 2.45) is 0 Å². The average molecular weight is 194 g/mol. The third-order valence-electron chi connectivity index (χ3n) is 2.50. The highest BCUT2D eigenvalue weighted by atomic mass is 16.3. The van der Waals surface area contributed by atoms with Crippen LogP contribution in [0.5, 0.6) is 0 Å². The maximum Gasteiger partial charge on any atom is 0.134 e. The van der Waals surface area contributed by atoms with Gasteiger partial charge in [0.2, 0.25) is 0 Å². The predicted octanol–water partition coefficient (Wildman–Crippen LogP) is 0.145. The Hall–Kier alpha value is -1.13. The molecule has 0 aromatic carbocycles. The first-order valence-corrected chi connectivity index (χ1v) is 4.79. The molecule has 1 saturated heterocycles. The Morgan fingerprint density at radius 2 is 2.43 bits per heavy atom. The number of hydrogen-bond acceptors (Lipinski definition) is 4. The van der Waals surface area contributed by atoms with E-state index in [9.17, 15) is 5.11 Å². The lowest BCUT2D eigenvalue weighted by Gasteiger charge is -2.18. The molecular formula is C10H14N2O2. The van der Waals surface area contributed by atoms with Crippen LogP contribution >= 0.6 is 0 Å². The Bertz CT molecular complexity index is 317. The molecule has 4 nitrogen and oxygen atoms in total. The van der Waals surface area contributed by atoms with Crippen LogP contribution in [0, 0.1) is 0 Å². The van der Waals surface area contributed by atoms with E-state index in [2.05, 4.69) is 4.98 Å². The van der Waals surface area contributed by atoms with Crippen molar-refractivity contribution < 1.29 is 10.2 Å². The van der Waals surface area contributed by atoms with Crippen LogP contribution in [-0.2, 0) is 6.61 Å². The monoisotopic (exact) mass is 194 g/mol. The molecule has 0 amide bonds. The van der Waals surface area contributed by atoms with E-state index in [4.69, 9.17) is 5.11 Å². The van der Waals surface area contributed by atoms with Crippen LogP contribution in [-0.4, -0.2) is 34.4 Å². The Morgan fingerprint density at radius 3 is 3.07 bits per heavy atom. The number of β-amino-alcohol motifs (C(OH)–C–C–N with tert-alkyl or cyclic N) is 1. The molecule has 0 bridgehead atoms. The van der Waals surface area contributed by atoms with Crippen molar-refractivity contribution >= 4 is 5.82 Å². The zero-order chi connectivity index (χ0) is 9.97. The summed E-state index contributed by atoms with van der Waals surface area (Å²) >= 11 is 0. The Balaban J connectivity index is 2.22. The fourth-order valence-electron chi connectivity index (χ4n) is 1.77. The van der Waals surface area contributed by atoms with Gasteiger partial charge in [-0.25, -0.2) is 4.98 Å². The number of rotatable bonds is 2. The summed E-state index contributed by atoms with van der Waals surface area (Å²) in [5, 5.41) is 18.5. The maximum absolute atomic E-state index is 9.39. The van der Waals surface area contributed by atoms with Crippen LogP contribution in [0.4, 0.5) is 5.82 Å². The van der Waals surface area contributed by atoms with Gasteiger partial charge in [-0.2, -0.15) is 0 Å². The van der Waals surface area contributed by atoms with Crippen LogP contribution in [0.3, 0.4) is 0 Å². The number of aromatic nitrogens is 1. The van der Waals surface area contributed by atoms with E-state index in [1.165, 1.54) is 0 Å². The zero-order valence-electron chi connectivity index (χ0n) is 7.93. The van der Waals surface area contributed by atoms with Crippen LogP contribution in [0.2, 0.25) is 0 Å². The zero-order valence-corrected chi connectivity index (χ0v) is 7.93. The number of pyridine rings is 1. The summed E-state index contributed by atoms with van der Waals surface area (Å²) < 4.78 is 0. The van der Waals surface area contributed by atoms with Crippen molar-refractivity contribution in [2.75, 3.05) is 18.0 Å². The van der Waals surface area contributed by atoms with E-state index in [0.29, 0.717) is 6.54 Å². The smallest absolute Gasteiger partial charge is 0.134 e. The molecule has 2 rings (SSSR count). The van der Waals surface area contributed by atoms with Crippen LogP contribution < -0.4 is 4.90 Å². The molecule has 1 unspecified atom stereocenters. The summed E-state index contributed by atoms with van der Waals surface area (Å²) in [5.41, 5.74) is 0.821. The van der Waals surface area contributed by atoms with Crippen molar-refractivity contribution in [2.45, 2.75) is 19.1 Å². The fraction of sp³-hybridized carbons (Fsp3) is 0.500. The quantitative estimate of drug-likeness (QED) is 0.703. The molecule has 1 aromatic heterocycles. The highest BCUT2D eigenvalue weighted by Crippen LogP contribution is 2.21. The van der Waals surface area contributed by atoms with Gasteiger partial charge in [-0.3, -0.25) is 0 Å². The van der Waals surface area contributed by atoms with Crippen molar-refractivity contribution in [3.8, 4) is 0 Å². The lowest BCUT2D eigenvalue weighted by atomic mass is 10.2. The number of aliphatic hydroxyl groups is 2. The number of aliphatic hydroxyl groups excluding tert-OH is 2. The molecule has 1 aromatic rings. The van der Waals surface area contributed by atoms with Gasteiger partial charge in [-0.15, -0.1) is 0 Å². The molecule has 2 heterocycles. The SMILES string of the molecule is OCc1cccnc1N1CCC(O)C1. The second kappa shape index (κ2) is 3.94. The van der Waals surface area contributed by atoms with E-state index in [1.807, 2.05) is 17.0 Å². The second-order valence-electron chi connectivity index (χ2n) is 3.53. The minimum Gasteiger partial charge on any atom is -0.392 e. The molecule has 1 aliphatic rings. The molecule has 1 aliphatic heterocycles. The first-order chi connectivity index (χ1) is 6.81. The van der Waals surface area contributed by atoms with E-state index in [-0.39, 0.29) is 12.7 Å². The minimum absolute atomic E-state index is 0.00420. The van der Waals surface area contributed by atoms with Gasteiger partial charge in [0.05, 0.1) is 12.7 Å². The third kappa shape index (κ3) is 1.71. The van der Waals surface area contributed by atoms with Crippen molar-refractivity contribution in [1.82, 2.24) is 4.98 Å². The van der Waals surface area contributed by atoms with Crippen molar-refractivity contribution in [1.29, 1.82) is 0 Å². The number of nitrogens with zero attached hydrogens (tertiary/aromatic N) is 2.